The van der Waals surface area contributed by atoms with Gasteiger partial charge in [-0.05, 0) is 45.8 Å². The van der Waals surface area contributed by atoms with Crippen LogP contribution in [0.5, 0.6) is 0 Å². The summed E-state index contributed by atoms with van der Waals surface area (Å²) in [6.45, 7) is 0. The third-order valence-corrected chi connectivity index (χ3v) is 5.42. The Kier molecular flexibility index (Phi) is 3.85. The van der Waals surface area contributed by atoms with Crippen LogP contribution < -0.4 is 17.0 Å². The summed E-state index contributed by atoms with van der Waals surface area (Å²) >= 11 is 3.56. The molecular formula is C20H14BrN7O. The predicted molar refractivity (Wildman–Crippen MR) is 117 cm³/mol. The molecule has 142 valence electrons. The third kappa shape index (κ3) is 2.74. The van der Waals surface area contributed by atoms with Crippen LogP contribution in [0.15, 0.2) is 58.1 Å². The van der Waals surface area contributed by atoms with Crippen LogP contribution in [-0.4, -0.2) is 25.1 Å². The summed E-state index contributed by atoms with van der Waals surface area (Å²) in [5.41, 5.74) is 15.7. The molecule has 9 heteroatoms. The van der Waals surface area contributed by atoms with E-state index in [1.54, 1.807) is 24.5 Å². The lowest BCUT2D eigenvalue weighted by molar-refractivity contribution is 1.12. The van der Waals surface area contributed by atoms with Crippen molar-refractivity contribution in [2.75, 3.05) is 11.5 Å². The van der Waals surface area contributed by atoms with Crippen LogP contribution in [0.4, 0.5) is 11.5 Å². The first-order valence-electron chi connectivity index (χ1n) is 8.69. The molecule has 0 radical (unpaired) electrons. The van der Waals surface area contributed by atoms with Gasteiger partial charge >= 0.3 is 0 Å². The molecule has 0 amide bonds. The molecule has 0 bridgehead atoms. The zero-order valence-corrected chi connectivity index (χ0v) is 16.5. The van der Waals surface area contributed by atoms with E-state index in [4.69, 9.17) is 11.5 Å². The second-order valence-corrected chi connectivity index (χ2v) is 7.42. The van der Waals surface area contributed by atoms with Crippen molar-refractivity contribution in [3.05, 3.63) is 63.6 Å². The zero-order chi connectivity index (χ0) is 20.1. The molecule has 3 heterocycles. The third-order valence-electron chi connectivity index (χ3n) is 4.81. The average molecular weight is 448 g/mol. The molecule has 0 aliphatic heterocycles. The van der Waals surface area contributed by atoms with Crippen LogP contribution in [-0.2, 0) is 0 Å². The Hall–Kier alpha value is -3.72. The SMILES string of the molecule is Nc1ccc(-c2nc3c(Br)cc(-c4cccc5[nH]ncc45)c(N)c3c(=O)[nH]2)cn1. The van der Waals surface area contributed by atoms with Gasteiger partial charge in [-0.1, -0.05) is 12.1 Å². The van der Waals surface area contributed by atoms with Crippen LogP contribution in [0.1, 0.15) is 0 Å². The smallest absolute Gasteiger partial charge is 0.261 e. The maximum absolute atomic E-state index is 12.9. The maximum atomic E-state index is 12.9. The van der Waals surface area contributed by atoms with Crippen molar-refractivity contribution in [1.82, 2.24) is 25.1 Å². The summed E-state index contributed by atoms with van der Waals surface area (Å²) in [7, 11) is 0. The van der Waals surface area contributed by atoms with E-state index in [2.05, 4.69) is 41.1 Å². The fourth-order valence-corrected chi connectivity index (χ4v) is 3.93. The topological polar surface area (TPSA) is 139 Å². The largest absolute Gasteiger partial charge is 0.398 e. The summed E-state index contributed by atoms with van der Waals surface area (Å²) in [6, 6.07) is 11.1. The van der Waals surface area contributed by atoms with Crippen molar-refractivity contribution in [2.24, 2.45) is 0 Å². The number of nitrogens with one attached hydrogen (secondary N) is 2. The van der Waals surface area contributed by atoms with E-state index in [0.29, 0.717) is 38.3 Å². The Morgan fingerprint density at radius 2 is 1.90 bits per heavy atom. The molecule has 8 nitrogen and oxygen atoms in total. The fraction of sp³-hybridized carbons (Fsp3) is 0. The molecule has 0 aliphatic carbocycles. The molecule has 5 rings (SSSR count). The van der Waals surface area contributed by atoms with E-state index >= 15 is 0 Å². The molecule has 0 unspecified atom stereocenters. The Morgan fingerprint density at radius 1 is 1.03 bits per heavy atom. The number of aromatic nitrogens is 5. The van der Waals surface area contributed by atoms with Crippen molar-refractivity contribution >= 4 is 49.2 Å². The number of pyridine rings is 1. The number of nitrogens with zero attached hydrogens (tertiary/aromatic N) is 3. The van der Waals surface area contributed by atoms with Crippen molar-refractivity contribution < 1.29 is 0 Å². The number of benzene rings is 2. The Morgan fingerprint density at radius 3 is 2.69 bits per heavy atom. The average Bonchev–Trinajstić information content (AvgIpc) is 3.20. The molecule has 3 aromatic heterocycles. The van der Waals surface area contributed by atoms with Gasteiger partial charge in [0.25, 0.3) is 5.56 Å². The minimum Gasteiger partial charge on any atom is -0.398 e. The van der Waals surface area contributed by atoms with Crippen LogP contribution >= 0.6 is 15.9 Å². The Bertz CT molecular complexity index is 1450. The molecule has 0 aliphatic rings. The van der Waals surface area contributed by atoms with Gasteiger partial charge in [0.1, 0.15) is 11.6 Å². The van der Waals surface area contributed by atoms with Crippen LogP contribution in [0, 0.1) is 0 Å². The number of nitrogens with two attached hydrogens (primary N) is 2. The van der Waals surface area contributed by atoms with Crippen LogP contribution in [0.3, 0.4) is 0 Å². The fourth-order valence-electron chi connectivity index (χ4n) is 3.41. The normalized spacial score (nSPS) is 11.3. The number of H-pyrrole nitrogens is 2. The highest BCUT2D eigenvalue weighted by atomic mass is 79.9. The van der Waals surface area contributed by atoms with Crippen molar-refractivity contribution in [3.63, 3.8) is 0 Å². The molecular weight excluding hydrogens is 434 g/mol. The highest BCUT2D eigenvalue weighted by molar-refractivity contribution is 9.10. The minimum absolute atomic E-state index is 0.321. The number of nitrogen functional groups attached to an aromatic ring is 2. The molecule has 0 fully saturated rings. The molecule has 2 aromatic carbocycles. The highest BCUT2D eigenvalue weighted by Crippen LogP contribution is 2.38. The molecule has 0 atom stereocenters. The summed E-state index contributed by atoms with van der Waals surface area (Å²) in [6.07, 6.45) is 3.30. The first-order valence-corrected chi connectivity index (χ1v) is 9.48. The van der Waals surface area contributed by atoms with E-state index in [-0.39, 0.29) is 5.56 Å². The Labute approximate surface area is 172 Å². The Balaban J connectivity index is 1.78. The summed E-state index contributed by atoms with van der Waals surface area (Å²) < 4.78 is 0.660. The molecule has 6 N–H and O–H groups in total. The standard InChI is InChI=1S/C20H14BrN7O/c21-13-6-11(10-2-1-3-14-12(10)8-25-28-14)17(23)16-18(13)26-19(27-20(16)29)9-4-5-15(22)24-7-9/h1-8H,23H2,(H2,22,24)(H,25,28)(H,26,27,29). The maximum Gasteiger partial charge on any atom is 0.261 e. The second-order valence-electron chi connectivity index (χ2n) is 6.57. The molecule has 0 saturated heterocycles. The molecule has 29 heavy (non-hydrogen) atoms. The van der Waals surface area contributed by atoms with Crippen LogP contribution in [0.2, 0.25) is 0 Å². The number of rotatable bonds is 2. The molecule has 0 spiro atoms. The van der Waals surface area contributed by atoms with Gasteiger partial charge < -0.3 is 16.5 Å². The number of hydrogen-bond acceptors (Lipinski definition) is 6. The zero-order valence-electron chi connectivity index (χ0n) is 14.9. The van der Waals surface area contributed by atoms with Gasteiger partial charge in [-0.25, -0.2) is 9.97 Å². The van der Waals surface area contributed by atoms with Gasteiger partial charge in [0, 0.05) is 27.2 Å². The van der Waals surface area contributed by atoms with Gasteiger partial charge in [-0.3, -0.25) is 9.89 Å². The highest BCUT2D eigenvalue weighted by Gasteiger charge is 2.18. The van der Waals surface area contributed by atoms with Crippen molar-refractivity contribution in [1.29, 1.82) is 0 Å². The lowest BCUT2D eigenvalue weighted by Gasteiger charge is -2.12. The number of anilines is 2. The molecule has 5 aromatic rings. The summed E-state index contributed by atoms with van der Waals surface area (Å²) in [5, 5.41) is 8.28. The second kappa shape index (κ2) is 6.42. The summed E-state index contributed by atoms with van der Waals surface area (Å²) in [5.74, 6) is 0.778. The number of aromatic amines is 2. The van der Waals surface area contributed by atoms with E-state index < -0.39 is 0 Å². The minimum atomic E-state index is -0.332. The quantitative estimate of drug-likeness (QED) is 0.305. The number of hydrogen-bond donors (Lipinski definition) is 4. The van der Waals surface area contributed by atoms with E-state index in [0.717, 1.165) is 22.0 Å². The molecule has 0 saturated carbocycles. The van der Waals surface area contributed by atoms with Crippen molar-refractivity contribution in [3.8, 4) is 22.5 Å². The van der Waals surface area contributed by atoms with Gasteiger partial charge in [0.2, 0.25) is 0 Å². The van der Waals surface area contributed by atoms with E-state index in [1.165, 1.54) is 0 Å². The summed E-state index contributed by atoms with van der Waals surface area (Å²) in [4.78, 5) is 24.4. The number of fused-ring (bicyclic) bond motifs is 2. The lowest BCUT2D eigenvalue weighted by Crippen LogP contribution is -2.13. The first-order chi connectivity index (χ1) is 14.0. The monoisotopic (exact) mass is 447 g/mol. The van der Waals surface area contributed by atoms with Gasteiger partial charge in [-0.15, -0.1) is 0 Å². The first kappa shape index (κ1) is 17.4. The van der Waals surface area contributed by atoms with Gasteiger partial charge in [0.05, 0.1) is 28.3 Å². The van der Waals surface area contributed by atoms with Crippen molar-refractivity contribution in [2.45, 2.75) is 0 Å². The lowest BCUT2D eigenvalue weighted by atomic mass is 9.98. The van der Waals surface area contributed by atoms with E-state index in [9.17, 15) is 4.79 Å². The number of halogens is 1. The van der Waals surface area contributed by atoms with Gasteiger partial charge in [0.15, 0.2) is 0 Å². The van der Waals surface area contributed by atoms with E-state index in [1.807, 2.05) is 24.3 Å². The predicted octanol–water partition coefficient (Wildman–Crippen LogP) is 3.46. The van der Waals surface area contributed by atoms with Crippen LogP contribution in [0.25, 0.3) is 44.3 Å². The van der Waals surface area contributed by atoms with Gasteiger partial charge in [-0.2, -0.15) is 5.10 Å².